The number of benzene rings is 1. The van der Waals surface area contributed by atoms with E-state index in [0.717, 1.165) is 6.42 Å². The monoisotopic (exact) mass is 304 g/mol. The smallest absolute Gasteiger partial charge is 0.256 e. The van der Waals surface area contributed by atoms with E-state index in [1.165, 1.54) is 7.11 Å². The number of carbonyl (C=O) groups is 1. The number of methoxy groups -OCH3 is 1. The van der Waals surface area contributed by atoms with Gasteiger partial charge < -0.3 is 14.8 Å². The van der Waals surface area contributed by atoms with Gasteiger partial charge in [0.2, 0.25) is 0 Å². The molecule has 0 aliphatic rings. The number of nitriles is 1. The van der Waals surface area contributed by atoms with Crippen LogP contribution >= 0.6 is 0 Å². The molecule has 5 heteroatoms. The van der Waals surface area contributed by atoms with Crippen molar-refractivity contribution in [2.24, 2.45) is 0 Å². The van der Waals surface area contributed by atoms with Crippen molar-refractivity contribution in [3.63, 3.8) is 0 Å². The van der Waals surface area contributed by atoms with E-state index in [1.54, 1.807) is 25.1 Å². The Bertz CT molecular complexity index is 560. The number of nitrogens with zero attached hydrogens (tertiary/aromatic N) is 1. The Morgan fingerprint density at radius 3 is 2.64 bits per heavy atom. The fourth-order valence-corrected chi connectivity index (χ4v) is 1.77. The molecule has 2 atom stereocenters. The third-order valence-corrected chi connectivity index (χ3v) is 3.88. The molecule has 0 saturated heterocycles. The first-order chi connectivity index (χ1) is 10.4. The summed E-state index contributed by atoms with van der Waals surface area (Å²) in [5.41, 5.74) is -0.0945. The minimum atomic E-state index is -0.918. The Labute approximate surface area is 132 Å². The molecule has 120 valence electrons. The van der Waals surface area contributed by atoms with Crippen molar-refractivity contribution in [3.8, 4) is 11.8 Å². The van der Waals surface area contributed by atoms with E-state index in [2.05, 4.69) is 11.4 Å². The summed E-state index contributed by atoms with van der Waals surface area (Å²) in [6.07, 6.45) is 1.49. The van der Waals surface area contributed by atoms with Gasteiger partial charge in [-0.3, -0.25) is 4.79 Å². The van der Waals surface area contributed by atoms with E-state index in [0.29, 0.717) is 23.4 Å². The molecule has 0 spiro atoms. The van der Waals surface area contributed by atoms with Crippen LogP contribution in [0, 0.1) is 11.3 Å². The molecule has 0 fully saturated rings. The molecule has 5 nitrogen and oxygen atoms in total. The van der Waals surface area contributed by atoms with E-state index >= 15 is 0 Å². The first kappa shape index (κ1) is 18.0. The maximum Gasteiger partial charge on any atom is 0.256 e. The summed E-state index contributed by atoms with van der Waals surface area (Å²) in [5, 5.41) is 12.0. The average Bonchev–Trinajstić information content (AvgIpc) is 2.54. The molecule has 0 aliphatic carbocycles. The molecule has 1 rings (SSSR count). The first-order valence-electron chi connectivity index (χ1n) is 7.47. The average molecular weight is 304 g/mol. The number of carbonyl (C=O) groups excluding carboxylic acids is 1. The van der Waals surface area contributed by atoms with Gasteiger partial charge in [-0.2, -0.15) is 5.26 Å². The van der Waals surface area contributed by atoms with Crippen LogP contribution in [0.25, 0.3) is 0 Å². The Balaban J connectivity index is 2.97. The molecule has 0 bridgehead atoms. The molecule has 0 saturated carbocycles. The Kier molecular flexibility index (Phi) is 6.39. The van der Waals surface area contributed by atoms with Crippen molar-refractivity contribution in [2.75, 3.05) is 12.4 Å². The molecular formula is C17H24N2O3. The van der Waals surface area contributed by atoms with Crippen LogP contribution in [0.15, 0.2) is 18.2 Å². The molecule has 0 heterocycles. The second-order valence-corrected chi connectivity index (χ2v) is 5.40. The molecular weight excluding hydrogens is 280 g/mol. The van der Waals surface area contributed by atoms with Gasteiger partial charge in [-0.25, -0.2) is 0 Å². The van der Waals surface area contributed by atoms with E-state index in [9.17, 15) is 10.1 Å². The zero-order valence-electron chi connectivity index (χ0n) is 13.9. The highest BCUT2D eigenvalue weighted by molar-refractivity contribution is 5.98. The summed E-state index contributed by atoms with van der Waals surface area (Å²) in [7, 11) is 1.50. The summed E-state index contributed by atoms with van der Waals surface area (Å²) in [6.45, 7) is 7.58. The Morgan fingerprint density at radius 1 is 1.45 bits per heavy atom. The number of anilines is 1. The Morgan fingerprint density at radius 2 is 2.14 bits per heavy atom. The Hall–Kier alpha value is -2.06. The largest absolute Gasteiger partial charge is 0.491 e. The van der Waals surface area contributed by atoms with Gasteiger partial charge in [-0.05, 0) is 38.8 Å². The number of rotatable bonds is 7. The third-order valence-electron chi connectivity index (χ3n) is 3.88. The lowest BCUT2D eigenvalue weighted by Crippen LogP contribution is -2.41. The van der Waals surface area contributed by atoms with Crippen LogP contribution in [-0.2, 0) is 9.53 Å². The van der Waals surface area contributed by atoms with Gasteiger partial charge >= 0.3 is 0 Å². The summed E-state index contributed by atoms with van der Waals surface area (Å²) < 4.78 is 11.0. The lowest BCUT2D eigenvalue weighted by atomic mass is 10.0. The highest BCUT2D eigenvalue weighted by Gasteiger charge is 2.31. The third kappa shape index (κ3) is 4.22. The van der Waals surface area contributed by atoms with Crippen LogP contribution in [0.2, 0.25) is 0 Å². The van der Waals surface area contributed by atoms with E-state index in [4.69, 9.17) is 9.47 Å². The van der Waals surface area contributed by atoms with Gasteiger partial charge in [0.25, 0.3) is 5.91 Å². The van der Waals surface area contributed by atoms with Crippen molar-refractivity contribution < 1.29 is 14.3 Å². The predicted octanol–water partition coefficient (Wildman–Crippen LogP) is 3.49. The molecule has 0 aromatic heterocycles. The summed E-state index contributed by atoms with van der Waals surface area (Å²) in [4.78, 5) is 12.3. The highest BCUT2D eigenvalue weighted by Crippen LogP contribution is 2.25. The summed E-state index contributed by atoms with van der Waals surface area (Å²) >= 11 is 0. The fraction of sp³-hybridized carbons (Fsp3) is 0.529. The molecule has 0 radical (unpaired) electrons. The minimum Gasteiger partial charge on any atom is -0.491 e. The second-order valence-electron chi connectivity index (χ2n) is 5.40. The van der Waals surface area contributed by atoms with E-state index < -0.39 is 5.60 Å². The van der Waals surface area contributed by atoms with Crippen LogP contribution in [-0.4, -0.2) is 24.7 Å². The van der Waals surface area contributed by atoms with E-state index in [1.807, 2.05) is 20.8 Å². The van der Waals surface area contributed by atoms with Crippen LogP contribution in [0.5, 0.6) is 5.75 Å². The zero-order valence-corrected chi connectivity index (χ0v) is 13.9. The molecule has 22 heavy (non-hydrogen) atoms. The lowest BCUT2D eigenvalue weighted by molar-refractivity contribution is -0.136. The minimum absolute atomic E-state index is 0.0730. The van der Waals surface area contributed by atoms with Gasteiger partial charge in [0.1, 0.15) is 17.4 Å². The normalized spacial score (nSPS) is 14.5. The number of ether oxygens (including phenoxy) is 2. The zero-order chi connectivity index (χ0) is 16.8. The second kappa shape index (κ2) is 7.81. The number of hydrogen-bond donors (Lipinski definition) is 1. The van der Waals surface area contributed by atoms with Gasteiger partial charge in [0.05, 0.1) is 17.4 Å². The van der Waals surface area contributed by atoms with Crippen molar-refractivity contribution in [1.29, 1.82) is 5.26 Å². The topological polar surface area (TPSA) is 71.3 Å². The van der Waals surface area contributed by atoms with Crippen molar-refractivity contribution in [1.82, 2.24) is 0 Å². The fourth-order valence-electron chi connectivity index (χ4n) is 1.77. The molecule has 1 aromatic rings. The maximum atomic E-state index is 12.3. The van der Waals surface area contributed by atoms with Crippen molar-refractivity contribution in [2.45, 2.75) is 52.2 Å². The maximum absolute atomic E-state index is 12.3. The van der Waals surface area contributed by atoms with Gasteiger partial charge in [-0.1, -0.05) is 13.8 Å². The van der Waals surface area contributed by atoms with Crippen molar-refractivity contribution >= 4 is 11.6 Å². The quantitative estimate of drug-likeness (QED) is 0.837. The van der Waals surface area contributed by atoms with Gasteiger partial charge in [0.15, 0.2) is 0 Å². The predicted molar refractivity (Wildman–Crippen MR) is 85.9 cm³/mol. The molecule has 1 N–H and O–H groups in total. The van der Waals surface area contributed by atoms with Crippen LogP contribution in [0.1, 0.15) is 46.1 Å². The van der Waals surface area contributed by atoms with Crippen LogP contribution < -0.4 is 10.1 Å². The lowest BCUT2D eigenvalue weighted by Gasteiger charge is -2.25. The summed E-state index contributed by atoms with van der Waals surface area (Å²) in [5.74, 6) is 0.346. The standard InChI is InChI=1S/C17H24N2O3/c1-6-12(3)22-14-8-9-15(13(10-14)11-18)19-16(20)17(4,7-2)21-5/h8-10,12H,6-7H2,1-5H3,(H,19,20)/t12-,17+/m1/s1. The van der Waals surface area contributed by atoms with Gasteiger partial charge in [-0.15, -0.1) is 0 Å². The molecule has 1 aromatic carbocycles. The molecule has 0 aliphatic heterocycles. The van der Waals surface area contributed by atoms with Crippen LogP contribution in [0.3, 0.4) is 0 Å². The number of nitrogens with one attached hydrogen (secondary N) is 1. The number of amides is 1. The first-order valence-corrected chi connectivity index (χ1v) is 7.47. The summed E-state index contributed by atoms with van der Waals surface area (Å²) in [6, 6.07) is 7.15. The SMILES string of the molecule is CC[C@@H](C)Oc1ccc(NC(=O)[C@](C)(CC)OC)c(C#N)c1. The molecule has 1 amide bonds. The van der Waals surface area contributed by atoms with Crippen LogP contribution in [0.4, 0.5) is 5.69 Å². The van der Waals surface area contributed by atoms with E-state index in [-0.39, 0.29) is 12.0 Å². The van der Waals surface area contributed by atoms with Gasteiger partial charge in [0, 0.05) is 13.2 Å². The molecule has 0 unspecified atom stereocenters. The number of hydrogen-bond acceptors (Lipinski definition) is 4. The highest BCUT2D eigenvalue weighted by atomic mass is 16.5. The van der Waals surface area contributed by atoms with Crippen molar-refractivity contribution in [3.05, 3.63) is 23.8 Å².